The molecule has 0 saturated heterocycles. The molecule has 1 aromatic carbocycles. The van der Waals surface area contributed by atoms with Gasteiger partial charge in [0.25, 0.3) is 0 Å². The number of hydrogen-bond acceptors (Lipinski definition) is 4. The summed E-state index contributed by atoms with van der Waals surface area (Å²) < 4.78 is 1.20. The molecule has 0 amide bonds. The van der Waals surface area contributed by atoms with Crippen molar-refractivity contribution in [2.75, 3.05) is 0 Å². The summed E-state index contributed by atoms with van der Waals surface area (Å²) in [5, 5.41) is 14.5. The van der Waals surface area contributed by atoms with Gasteiger partial charge in [-0.2, -0.15) is 0 Å². The van der Waals surface area contributed by atoms with Crippen LogP contribution in [0.15, 0.2) is 24.3 Å². The van der Waals surface area contributed by atoms with Crippen molar-refractivity contribution in [1.82, 2.24) is 10.3 Å². The summed E-state index contributed by atoms with van der Waals surface area (Å²) in [6, 6.07) is 8.13. The first-order valence-corrected chi connectivity index (χ1v) is 6.93. The van der Waals surface area contributed by atoms with Gasteiger partial charge in [0, 0.05) is 12.1 Å². The van der Waals surface area contributed by atoms with Crippen molar-refractivity contribution in [2.45, 2.75) is 45.4 Å². The molecule has 0 unspecified atom stereocenters. The Labute approximate surface area is 112 Å². The summed E-state index contributed by atoms with van der Waals surface area (Å²) in [4.78, 5) is 4.57. The highest BCUT2D eigenvalue weighted by Gasteiger charge is 2.34. The van der Waals surface area contributed by atoms with E-state index in [-0.39, 0.29) is 5.54 Å². The number of hydrogen-bond donors (Lipinski definition) is 2. The highest BCUT2D eigenvalue weighted by Crippen LogP contribution is 2.24. The molecule has 2 aromatic rings. The molecule has 2 N–H and O–H groups in total. The molecule has 0 spiro atoms. The van der Waals surface area contributed by atoms with Crippen molar-refractivity contribution in [3.8, 4) is 0 Å². The van der Waals surface area contributed by atoms with Crippen LogP contribution in [0.1, 0.15) is 32.7 Å². The number of nitrogens with one attached hydrogen (secondary N) is 1. The number of nitrogens with zero attached hydrogens (tertiary/aromatic N) is 1. The van der Waals surface area contributed by atoms with Gasteiger partial charge in [0.1, 0.15) is 5.01 Å². The Morgan fingerprint density at radius 2 is 1.89 bits per heavy atom. The van der Waals surface area contributed by atoms with Crippen molar-refractivity contribution < 1.29 is 5.11 Å². The van der Waals surface area contributed by atoms with E-state index in [1.54, 1.807) is 11.3 Å². The standard InChI is InChI=1S/C14H20N2OS/c1-13(2,14(3,4)17)15-9-12-16-10-7-5-6-8-11(10)18-12/h5-8,15,17H,9H2,1-4H3. The van der Waals surface area contributed by atoms with Crippen molar-refractivity contribution >= 4 is 21.6 Å². The van der Waals surface area contributed by atoms with Crippen molar-refractivity contribution in [1.29, 1.82) is 0 Å². The molecule has 4 heteroatoms. The molecule has 0 bridgehead atoms. The first-order chi connectivity index (χ1) is 8.29. The first-order valence-electron chi connectivity index (χ1n) is 6.11. The van der Waals surface area contributed by atoms with E-state index in [1.807, 2.05) is 45.9 Å². The van der Waals surface area contributed by atoms with Crippen LogP contribution in [0.3, 0.4) is 0 Å². The van der Waals surface area contributed by atoms with Crippen molar-refractivity contribution in [2.24, 2.45) is 0 Å². The number of benzene rings is 1. The monoisotopic (exact) mass is 264 g/mol. The number of aliphatic hydroxyl groups is 1. The number of thiazole rings is 1. The Morgan fingerprint density at radius 1 is 1.22 bits per heavy atom. The van der Waals surface area contributed by atoms with Gasteiger partial charge in [-0.15, -0.1) is 11.3 Å². The fraction of sp³-hybridized carbons (Fsp3) is 0.500. The largest absolute Gasteiger partial charge is 0.389 e. The quantitative estimate of drug-likeness (QED) is 0.892. The first kappa shape index (κ1) is 13.5. The predicted molar refractivity (Wildman–Crippen MR) is 76.8 cm³/mol. The Balaban J connectivity index is 2.11. The van der Waals surface area contributed by atoms with Crippen LogP contribution in [0.5, 0.6) is 0 Å². The Bertz CT molecular complexity index is 507. The number of rotatable bonds is 4. The van der Waals surface area contributed by atoms with E-state index in [1.165, 1.54) is 4.70 Å². The Morgan fingerprint density at radius 3 is 2.50 bits per heavy atom. The summed E-state index contributed by atoms with van der Waals surface area (Å²) >= 11 is 1.69. The van der Waals surface area contributed by atoms with Gasteiger partial charge in [0.2, 0.25) is 0 Å². The summed E-state index contributed by atoms with van der Waals surface area (Å²) in [7, 11) is 0. The highest BCUT2D eigenvalue weighted by molar-refractivity contribution is 7.18. The van der Waals surface area contributed by atoms with Crippen molar-refractivity contribution in [3.05, 3.63) is 29.3 Å². The molecule has 0 fully saturated rings. The SMILES string of the molecule is CC(C)(O)C(C)(C)NCc1nc2ccccc2s1. The average molecular weight is 264 g/mol. The van der Waals surface area contributed by atoms with Crippen LogP contribution in [0, 0.1) is 0 Å². The summed E-state index contributed by atoms with van der Waals surface area (Å²) in [6.07, 6.45) is 0. The molecule has 1 aromatic heterocycles. The van der Waals surface area contributed by atoms with E-state index in [4.69, 9.17) is 0 Å². The van der Waals surface area contributed by atoms with Gasteiger partial charge in [0.05, 0.1) is 15.8 Å². The summed E-state index contributed by atoms with van der Waals surface area (Å²) in [6.45, 7) is 8.31. The lowest BCUT2D eigenvalue weighted by atomic mass is 9.86. The molecule has 0 aliphatic carbocycles. The van der Waals surface area contributed by atoms with Crippen LogP contribution in [0.2, 0.25) is 0 Å². The second-order valence-electron chi connectivity index (χ2n) is 5.61. The minimum Gasteiger partial charge on any atom is -0.389 e. The Kier molecular flexibility index (Phi) is 3.45. The van der Waals surface area contributed by atoms with Gasteiger partial charge >= 0.3 is 0 Å². The topological polar surface area (TPSA) is 45.1 Å². The molecule has 0 atom stereocenters. The van der Waals surface area contributed by atoms with E-state index in [2.05, 4.69) is 16.4 Å². The van der Waals surface area contributed by atoms with Crippen LogP contribution in [0.25, 0.3) is 10.2 Å². The second kappa shape index (κ2) is 4.61. The Hall–Kier alpha value is -0.970. The van der Waals surface area contributed by atoms with Crippen LogP contribution < -0.4 is 5.32 Å². The second-order valence-corrected chi connectivity index (χ2v) is 6.73. The molecule has 0 radical (unpaired) electrons. The third kappa shape index (κ3) is 2.71. The van der Waals surface area contributed by atoms with Gasteiger partial charge in [-0.05, 0) is 39.8 Å². The normalized spacial score (nSPS) is 13.2. The lowest BCUT2D eigenvalue weighted by Crippen LogP contribution is -2.55. The third-order valence-corrected chi connectivity index (χ3v) is 4.59. The van der Waals surface area contributed by atoms with Gasteiger partial charge in [-0.3, -0.25) is 0 Å². The minimum absolute atomic E-state index is 0.356. The lowest BCUT2D eigenvalue weighted by Gasteiger charge is -2.38. The fourth-order valence-electron chi connectivity index (χ4n) is 1.51. The number of fused-ring (bicyclic) bond motifs is 1. The van der Waals surface area contributed by atoms with E-state index < -0.39 is 5.60 Å². The molecule has 1 heterocycles. The van der Waals surface area contributed by atoms with Crippen molar-refractivity contribution in [3.63, 3.8) is 0 Å². The molecule has 3 nitrogen and oxygen atoms in total. The van der Waals surface area contributed by atoms with E-state index in [0.717, 1.165) is 10.5 Å². The van der Waals surface area contributed by atoms with E-state index in [0.29, 0.717) is 6.54 Å². The van der Waals surface area contributed by atoms with Gasteiger partial charge in [-0.25, -0.2) is 4.98 Å². The maximum Gasteiger partial charge on any atom is 0.108 e. The minimum atomic E-state index is -0.774. The van der Waals surface area contributed by atoms with E-state index in [9.17, 15) is 5.11 Å². The van der Waals surface area contributed by atoms with Crippen LogP contribution >= 0.6 is 11.3 Å². The smallest absolute Gasteiger partial charge is 0.108 e. The fourth-order valence-corrected chi connectivity index (χ4v) is 2.42. The molecule has 18 heavy (non-hydrogen) atoms. The van der Waals surface area contributed by atoms with Crippen LogP contribution in [-0.4, -0.2) is 21.2 Å². The van der Waals surface area contributed by atoms with Crippen LogP contribution in [0.4, 0.5) is 0 Å². The zero-order valence-corrected chi connectivity index (χ0v) is 12.1. The summed E-state index contributed by atoms with van der Waals surface area (Å²) in [5.41, 5.74) is -0.0884. The average Bonchev–Trinajstić information content (AvgIpc) is 2.67. The van der Waals surface area contributed by atoms with E-state index >= 15 is 0 Å². The van der Waals surface area contributed by atoms with Gasteiger partial charge < -0.3 is 10.4 Å². The molecular weight excluding hydrogens is 244 g/mol. The maximum atomic E-state index is 10.1. The molecular formula is C14H20N2OS. The molecule has 98 valence electrons. The predicted octanol–water partition coefficient (Wildman–Crippen LogP) is 2.94. The molecule has 0 aliphatic heterocycles. The van der Waals surface area contributed by atoms with Gasteiger partial charge in [-0.1, -0.05) is 12.1 Å². The number of aromatic nitrogens is 1. The van der Waals surface area contributed by atoms with Crippen LogP contribution in [-0.2, 0) is 6.54 Å². The molecule has 0 aliphatic rings. The van der Waals surface area contributed by atoms with Gasteiger partial charge in [0.15, 0.2) is 0 Å². The zero-order chi connectivity index (χ0) is 13.4. The molecule has 0 saturated carbocycles. The highest BCUT2D eigenvalue weighted by atomic mass is 32.1. The third-order valence-electron chi connectivity index (χ3n) is 3.55. The maximum absolute atomic E-state index is 10.1. The number of para-hydroxylation sites is 1. The molecule has 2 rings (SSSR count). The summed E-state index contributed by atoms with van der Waals surface area (Å²) in [5.74, 6) is 0. The lowest BCUT2D eigenvalue weighted by molar-refractivity contribution is -0.00531. The zero-order valence-electron chi connectivity index (χ0n) is 11.3.